The molecule has 4 unspecified atom stereocenters. The highest BCUT2D eigenvalue weighted by Gasteiger charge is 2.61. The molecular formula is C28H37F3N2O2. The van der Waals surface area contributed by atoms with Crippen molar-refractivity contribution >= 4 is 5.91 Å². The van der Waals surface area contributed by atoms with E-state index in [9.17, 15) is 18.0 Å². The quantitative estimate of drug-likeness (QED) is 0.520. The van der Waals surface area contributed by atoms with E-state index in [1.165, 1.54) is 31.7 Å². The van der Waals surface area contributed by atoms with Crippen LogP contribution in [0.4, 0.5) is 13.2 Å². The summed E-state index contributed by atoms with van der Waals surface area (Å²) in [6.45, 7) is 7.38. The van der Waals surface area contributed by atoms with Crippen molar-refractivity contribution in [3.8, 4) is 0 Å². The van der Waals surface area contributed by atoms with Gasteiger partial charge in [-0.15, -0.1) is 0 Å². The zero-order chi connectivity index (χ0) is 24.8. The first kappa shape index (κ1) is 23.7. The summed E-state index contributed by atoms with van der Waals surface area (Å²) in [6, 6.07) is 1.19. The second-order valence-corrected chi connectivity index (χ2v) is 12.6. The number of carbonyl (C=O) groups is 1. The molecule has 2 aliphatic carbocycles. The number of hydrogen-bond donors (Lipinski definition) is 0. The van der Waals surface area contributed by atoms with Crippen LogP contribution in [0.3, 0.4) is 0 Å². The van der Waals surface area contributed by atoms with Crippen LogP contribution in [0, 0.1) is 35.0 Å². The van der Waals surface area contributed by atoms with E-state index in [0.717, 1.165) is 25.5 Å². The minimum absolute atomic E-state index is 0.0676. The highest BCUT2D eigenvalue weighted by Crippen LogP contribution is 2.62. The zero-order valence-electron chi connectivity index (χ0n) is 21.0. The Morgan fingerprint density at radius 3 is 2.71 bits per heavy atom. The van der Waals surface area contributed by atoms with Crippen molar-refractivity contribution in [2.24, 2.45) is 35.0 Å². The van der Waals surface area contributed by atoms with Crippen molar-refractivity contribution in [3.63, 3.8) is 0 Å². The van der Waals surface area contributed by atoms with Crippen molar-refractivity contribution in [1.82, 2.24) is 9.88 Å². The largest absolute Gasteiger partial charge is 0.417 e. The van der Waals surface area contributed by atoms with Crippen molar-refractivity contribution in [2.45, 2.75) is 96.6 Å². The number of halogens is 3. The van der Waals surface area contributed by atoms with Gasteiger partial charge < -0.3 is 9.64 Å². The third-order valence-electron chi connectivity index (χ3n) is 10.7. The lowest BCUT2D eigenvalue weighted by Crippen LogP contribution is -2.47. The summed E-state index contributed by atoms with van der Waals surface area (Å²) in [5.41, 5.74) is 0.156. The number of carbonyl (C=O) groups excluding carboxylic acids is 1. The molecule has 4 fully saturated rings. The number of amides is 1. The summed E-state index contributed by atoms with van der Waals surface area (Å²) < 4.78 is 46.1. The van der Waals surface area contributed by atoms with Gasteiger partial charge in [0.1, 0.15) is 0 Å². The fourth-order valence-corrected chi connectivity index (χ4v) is 8.63. The summed E-state index contributed by atoms with van der Waals surface area (Å²) in [5.74, 6) is 2.95. The van der Waals surface area contributed by atoms with Crippen molar-refractivity contribution in [2.75, 3.05) is 6.54 Å². The van der Waals surface area contributed by atoms with Crippen LogP contribution in [0.25, 0.3) is 0 Å². The Hall–Kier alpha value is -1.63. The number of ether oxygens (including phenoxy) is 1. The molecular weight excluding hydrogens is 453 g/mol. The van der Waals surface area contributed by atoms with Gasteiger partial charge in [-0.1, -0.05) is 13.8 Å². The Balaban J connectivity index is 1.18. The van der Waals surface area contributed by atoms with Crippen molar-refractivity contribution in [1.29, 1.82) is 0 Å². The van der Waals surface area contributed by atoms with Crippen molar-refractivity contribution in [3.05, 3.63) is 29.1 Å². The van der Waals surface area contributed by atoms with Gasteiger partial charge in [0.25, 0.3) is 0 Å². The molecule has 7 atom stereocenters. The fraction of sp³-hybridized carbons (Fsp3) is 0.786. The maximum atomic E-state index is 14.0. The molecule has 2 bridgehead atoms. The number of nitrogens with zero attached hydrogens (tertiary/aromatic N) is 2. The smallest absolute Gasteiger partial charge is 0.371 e. The van der Waals surface area contributed by atoms with Crippen LogP contribution in [0.1, 0.15) is 82.5 Å². The maximum absolute atomic E-state index is 14.0. The van der Waals surface area contributed by atoms with Gasteiger partial charge in [0.05, 0.1) is 22.7 Å². The molecule has 0 spiro atoms. The average molecular weight is 491 g/mol. The second-order valence-electron chi connectivity index (χ2n) is 12.6. The molecule has 0 N–H and O–H groups in total. The first-order valence-corrected chi connectivity index (χ1v) is 13.5. The van der Waals surface area contributed by atoms with E-state index >= 15 is 0 Å². The van der Waals surface area contributed by atoms with Crippen LogP contribution >= 0.6 is 0 Å². The SMILES string of the molecule is CC(C)[C@]1(C(=O)N2CCc3ncc(C(F)(F)F)cc3C2)CCC(C2CC3C(C2)[C@]2(C)CC[C@@H]3O2)C1. The van der Waals surface area contributed by atoms with Crippen LogP contribution in [0.5, 0.6) is 0 Å². The van der Waals surface area contributed by atoms with Crippen LogP contribution in [0.15, 0.2) is 12.3 Å². The topological polar surface area (TPSA) is 42.4 Å². The van der Waals surface area contributed by atoms with Gasteiger partial charge in [0, 0.05) is 31.4 Å². The minimum Gasteiger partial charge on any atom is -0.371 e. The minimum atomic E-state index is -4.42. The Bertz CT molecular complexity index is 1030. The molecule has 192 valence electrons. The van der Waals surface area contributed by atoms with E-state index in [2.05, 4.69) is 25.8 Å². The van der Waals surface area contributed by atoms with Gasteiger partial charge >= 0.3 is 6.18 Å². The molecule has 2 saturated carbocycles. The Kier molecular flexibility index (Phi) is 5.38. The molecule has 1 aromatic heterocycles. The lowest BCUT2D eigenvalue weighted by molar-refractivity contribution is -0.146. The zero-order valence-corrected chi connectivity index (χ0v) is 21.0. The van der Waals surface area contributed by atoms with Gasteiger partial charge in [0.15, 0.2) is 0 Å². The predicted molar refractivity (Wildman–Crippen MR) is 125 cm³/mol. The Morgan fingerprint density at radius 1 is 1.20 bits per heavy atom. The van der Waals surface area contributed by atoms with Gasteiger partial charge in [0.2, 0.25) is 5.91 Å². The first-order valence-electron chi connectivity index (χ1n) is 13.5. The molecule has 5 aliphatic rings. The van der Waals surface area contributed by atoms with Crippen LogP contribution in [-0.4, -0.2) is 34.0 Å². The number of aromatic nitrogens is 1. The molecule has 6 rings (SSSR count). The van der Waals surface area contributed by atoms with Gasteiger partial charge in [-0.25, -0.2) is 0 Å². The highest BCUT2D eigenvalue weighted by atomic mass is 19.4. The maximum Gasteiger partial charge on any atom is 0.417 e. The molecule has 1 aromatic rings. The fourth-order valence-electron chi connectivity index (χ4n) is 8.63. The summed E-state index contributed by atoms with van der Waals surface area (Å²) in [5, 5.41) is 0. The van der Waals surface area contributed by atoms with Crippen molar-refractivity contribution < 1.29 is 22.7 Å². The van der Waals surface area contributed by atoms with Gasteiger partial charge in [-0.05, 0) is 93.1 Å². The lowest BCUT2D eigenvalue weighted by atomic mass is 9.72. The average Bonchev–Trinajstić information content (AvgIpc) is 3.57. The summed E-state index contributed by atoms with van der Waals surface area (Å²) in [4.78, 5) is 19.9. The number of alkyl halides is 3. The molecule has 1 amide bonds. The first-order chi connectivity index (χ1) is 16.5. The van der Waals surface area contributed by atoms with E-state index in [0.29, 0.717) is 54.0 Å². The highest BCUT2D eigenvalue weighted by molar-refractivity contribution is 5.83. The van der Waals surface area contributed by atoms with E-state index in [1.807, 2.05) is 4.90 Å². The number of fused-ring (bicyclic) bond motifs is 6. The number of rotatable bonds is 3. The van der Waals surface area contributed by atoms with Crippen LogP contribution < -0.4 is 0 Å². The standard InChI is InChI=1S/C28H37F3N2O2/c1-16(2)27(25(34)33-9-6-23-19(15-33)10-20(14-32-23)28(29,30)31)8-4-17(13-27)18-11-21-22(12-18)26(3)7-5-24(21)35-26/h10,14,16-18,21-22,24H,4-9,11-13,15H2,1-3H3/t17?,18?,21?,22?,24-,26-,27-/m0/s1. The lowest BCUT2D eigenvalue weighted by Gasteiger charge is -2.40. The molecule has 0 aromatic carbocycles. The molecule has 4 nitrogen and oxygen atoms in total. The molecule has 3 aliphatic heterocycles. The Labute approximate surface area is 206 Å². The molecule has 2 saturated heterocycles. The van der Waals surface area contributed by atoms with Crippen LogP contribution in [0.2, 0.25) is 0 Å². The predicted octanol–water partition coefficient (Wildman–Crippen LogP) is 6.02. The second kappa shape index (κ2) is 7.93. The van der Waals surface area contributed by atoms with E-state index in [1.54, 1.807) is 0 Å². The number of hydrogen-bond acceptors (Lipinski definition) is 3. The van der Waals surface area contributed by atoms with Gasteiger partial charge in [-0.2, -0.15) is 13.2 Å². The molecule has 7 heteroatoms. The van der Waals surface area contributed by atoms with E-state index < -0.39 is 17.2 Å². The summed E-state index contributed by atoms with van der Waals surface area (Å²) in [7, 11) is 0. The van der Waals surface area contributed by atoms with E-state index in [-0.39, 0.29) is 24.0 Å². The molecule has 0 radical (unpaired) electrons. The monoisotopic (exact) mass is 490 g/mol. The summed E-state index contributed by atoms with van der Waals surface area (Å²) >= 11 is 0. The third kappa shape index (κ3) is 3.66. The van der Waals surface area contributed by atoms with Crippen LogP contribution in [-0.2, 0) is 28.7 Å². The Morgan fingerprint density at radius 2 is 2.00 bits per heavy atom. The normalized spacial score (nSPS) is 40.4. The summed E-state index contributed by atoms with van der Waals surface area (Å²) in [6.07, 6.45) is 5.20. The third-order valence-corrected chi connectivity index (χ3v) is 10.7. The molecule has 4 heterocycles. The van der Waals surface area contributed by atoms with Gasteiger partial charge in [-0.3, -0.25) is 9.78 Å². The number of pyridine rings is 1. The molecule has 35 heavy (non-hydrogen) atoms. The van der Waals surface area contributed by atoms with E-state index in [4.69, 9.17) is 4.74 Å².